The smallest absolute Gasteiger partial charge is 0.251 e. The maximum atomic E-state index is 12.1. The minimum atomic E-state index is -0.111. The molecule has 144 valence electrons. The Hall–Kier alpha value is -2.86. The van der Waals surface area contributed by atoms with Gasteiger partial charge in [-0.05, 0) is 37.1 Å². The Morgan fingerprint density at radius 1 is 1.15 bits per heavy atom. The minimum absolute atomic E-state index is 0. The number of hydrogen-bond donors (Lipinski definition) is 3. The van der Waals surface area contributed by atoms with Gasteiger partial charge in [-0.3, -0.25) is 4.79 Å². The molecule has 3 aromatic rings. The summed E-state index contributed by atoms with van der Waals surface area (Å²) in [6.07, 6.45) is 1.64. The molecule has 0 atom stereocenters. The third kappa shape index (κ3) is 4.86. The lowest BCUT2D eigenvalue weighted by Crippen LogP contribution is -2.24. The minimum Gasteiger partial charge on any atom is -0.497 e. The third-order valence-electron chi connectivity index (χ3n) is 4.24. The van der Waals surface area contributed by atoms with Gasteiger partial charge in [-0.15, -0.1) is 12.4 Å². The Bertz CT molecular complexity index is 924. The number of nitrogens with one attached hydrogen (secondary N) is 2. The maximum absolute atomic E-state index is 12.1. The van der Waals surface area contributed by atoms with E-state index in [1.807, 2.05) is 12.1 Å². The summed E-state index contributed by atoms with van der Waals surface area (Å²) in [5, 5.41) is 3.94. The van der Waals surface area contributed by atoms with Crippen LogP contribution in [0.15, 0.2) is 42.5 Å². The van der Waals surface area contributed by atoms with Gasteiger partial charge >= 0.3 is 0 Å². The molecule has 0 saturated carbocycles. The van der Waals surface area contributed by atoms with Gasteiger partial charge in [0.2, 0.25) is 0 Å². The maximum Gasteiger partial charge on any atom is 0.251 e. The van der Waals surface area contributed by atoms with Crippen LogP contribution in [0.4, 0.5) is 5.69 Å². The Labute approximate surface area is 164 Å². The number of benzene rings is 2. The number of rotatable bonds is 7. The van der Waals surface area contributed by atoms with Crippen LogP contribution < -0.4 is 20.5 Å². The largest absolute Gasteiger partial charge is 0.497 e. The van der Waals surface area contributed by atoms with Gasteiger partial charge in [0.25, 0.3) is 5.91 Å². The van der Waals surface area contributed by atoms with Crippen LogP contribution in [0.2, 0.25) is 0 Å². The van der Waals surface area contributed by atoms with Crippen LogP contribution in [-0.2, 0) is 6.42 Å². The first-order valence-electron chi connectivity index (χ1n) is 8.48. The zero-order valence-electron chi connectivity index (χ0n) is 15.4. The zero-order chi connectivity index (χ0) is 18.5. The molecule has 7 heteroatoms. The van der Waals surface area contributed by atoms with Crippen LogP contribution in [0.25, 0.3) is 10.9 Å². The lowest BCUT2D eigenvalue weighted by molar-refractivity contribution is 0.0953. The lowest BCUT2D eigenvalue weighted by atomic mass is 10.2. The molecule has 1 amide bonds. The second-order valence-corrected chi connectivity index (χ2v) is 6.07. The first kappa shape index (κ1) is 20.5. The normalized spacial score (nSPS) is 10.3. The molecule has 1 aromatic heterocycles. The number of anilines is 1. The molecule has 0 aliphatic heterocycles. The number of nitrogens with two attached hydrogens (primary N) is 1. The number of ether oxygens (including phenoxy) is 2. The highest BCUT2D eigenvalue weighted by Gasteiger charge is 2.09. The fourth-order valence-corrected chi connectivity index (χ4v) is 2.92. The molecule has 0 aliphatic rings. The number of aromatic amines is 1. The molecule has 0 saturated heterocycles. The predicted octanol–water partition coefficient (Wildman–Crippen LogP) is 3.55. The highest BCUT2D eigenvalue weighted by molar-refractivity contribution is 5.95. The first-order valence-corrected chi connectivity index (χ1v) is 8.48. The van der Waals surface area contributed by atoms with Gasteiger partial charge in [0.05, 0.1) is 19.7 Å². The number of H-pyrrole nitrogens is 1. The summed E-state index contributed by atoms with van der Waals surface area (Å²) in [6, 6.07) is 12.9. The van der Waals surface area contributed by atoms with Gasteiger partial charge in [-0.25, -0.2) is 0 Å². The number of hydrogen-bond acceptors (Lipinski definition) is 4. The van der Waals surface area contributed by atoms with Crippen molar-refractivity contribution in [2.24, 2.45) is 0 Å². The predicted molar refractivity (Wildman–Crippen MR) is 110 cm³/mol. The van der Waals surface area contributed by atoms with E-state index in [9.17, 15) is 4.79 Å². The van der Waals surface area contributed by atoms with Crippen molar-refractivity contribution in [3.8, 4) is 11.5 Å². The average molecular weight is 390 g/mol. The van der Waals surface area contributed by atoms with Crippen molar-refractivity contribution in [2.75, 3.05) is 26.5 Å². The van der Waals surface area contributed by atoms with Gasteiger partial charge in [0.1, 0.15) is 11.5 Å². The number of aryl methyl sites for hydroxylation is 1. The van der Waals surface area contributed by atoms with Gasteiger partial charge in [-0.2, -0.15) is 0 Å². The topological polar surface area (TPSA) is 89.4 Å². The molecular weight excluding hydrogens is 366 g/mol. The molecule has 3 rings (SSSR count). The van der Waals surface area contributed by atoms with Gasteiger partial charge in [0.15, 0.2) is 0 Å². The number of halogens is 1. The molecule has 27 heavy (non-hydrogen) atoms. The highest BCUT2D eigenvalue weighted by atomic mass is 35.5. The second-order valence-electron chi connectivity index (χ2n) is 6.07. The van der Waals surface area contributed by atoms with Crippen molar-refractivity contribution < 1.29 is 14.3 Å². The average Bonchev–Trinajstić information content (AvgIpc) is 3.06. The van der Waals surface area contributed by atoms with Crippen LogP contribution in [0, 0.1) is 0 Å². The van der Waals surface area contributed by atoms with Gasteiger partial charge < -0.3 is 25.5 Å². The molecular formula is C20H24ClN3O3. The molecule has 0 radical (unpaired) electrons. The van der Waals surface area contributed by atoms with Crippen molar-refractivity contribution >= 4 is 34.9 Å². The summed E-state index contributed by atoms with van der Waals surface area (Å²) in [5.74, 6) is 1.41. The Balaban J connectivity index is 0.00000261. The van der Waals surface area contributed by atoms with Crippen LogP contribution in [0.5, 0.6) is 11.5 Å². The molecule has 1 heterocycles. The number of amides is 1. The molecule has 0 unspecified atom stereocenters. The Kier molecular flexibility index (Phi) is 6.96. The number of aromatic nitrogens is 1. The molecule has 0 spiro atoms. The van der Waals surface area contributed by atoms with E-state index in [1.165, 1.54) is 0 Å². The van der Waals surface area contributed by atoms with E-state index >= 15 is 0 Å². The third-order valence-corrected chi connectivity index (χ3v) is 4.24. The number of carbonyl (C=O) groups excluding carboxylic acids is 1. The number of nitrogen functional groups attached to an aromatic ring is 1. The van der Waals surface area contributed by atoms with E-state index in [4.69, 9.17) is 15.2 Å². The summed E-state index contributed by atoms with van der Waals surface area (Å²) in [7, 11) is 3.28. The van der Waals surface area contributed by atoms with Gasteiger partial charge in [-0.1, -0.05) is 6.07 Å². The zero-order valence-corrected chi connectivity index (χ0v) is 16.2. The summed E-state index contributed by atoms with van der Waals surface area (Å²) < 4.78 is 10.7. The van der Waals surface area contributed by atoms with Gasteiger partial charge in [0, 0.05) is 41.0 Å². The molecule has 4 N–H and O–H groups in total. The molecule has 0 aliphatic carbocycles. The number of fused-ring (bicyclic) bond motifs is 1. The van der Waals surface area contributed by atoms with E-state index in [0.29, 0.717) is 17.8 Å². The standard InChI is InChI=1S/C20H23N3O3.ClH/c1-25-16-11-18-17(19(12-16)26-2)10-15(23-18)7-4-8-22-20(24)13-5-3-6-14(21)9-13;/h3,5-6,9-12,23H,4,7-8,21H2,1-2H3,(H,22,24);1H. The molecule has 6 nitrogen and oxygen atoms in total. The van der Waals surface area contributed by atoms with Crippen LogP contribution >= 0.6 is 12.4 Å². The highest BCUT2D eigenvalue weighted by Crippen LogP contribution is 2.31. The van der Waals surface area contributed by atoms with Crippen molar-refractivity contribution in [3.05, 3.63) is 53.7 Å². The number of methoxy groups -OCH3 is 2. The van der Waals surface area contributed by atoms with Crippen molar-refractivity contribution in [1.82, 2.24) is 10.3 Å². The summed E-state index contributed by atoms with van der Waals surface area (Å²) in [5.41, 5.74) is 8.92. The van der Waals surface area contributed by atoms with E-state index < -0.39 is 0 Å². The van der Waals surface area contributed by atoms with E-state index in [2.05, 4.69) is 16.4 Å². The molecule has 0 fully saturated rings. The fraction of sp³-hybridized carbons (Fsp3) is 0.250. The quantitative estimate of drug-likeness (QED) is 0.426. The molecule has 0 bridgehead atoms. The Morgan fingerprint density at radius 2 is 1.96 bits per heavy atom. The van der Waals surface area contributed by atoms with Crippen molar-refractivity contribution in [1.29, 1.82) is 0 Å². The van der Waals surface area contributed by atoms with Crippen LogP contribution in [0.3, 0.4) is 0 Å². The fourth-order valence-electron chi connectivity index (χ4n) is 2.92. The summed E-state index contributed by atoms with van der Waals surface area (Å²) in [4.78, 5) is 15.5. The second kappa shape index (κ2) is 9.19. The molecule has 2 aromatic carbocycles. The summed E-state index contributed by atoms with van der Waals surface area (Å²) >= 11 is 0. The van der Waals surface area contributed by atoms with E-state index in [1.54, 1.807) is 38.5 Å². The van der Waals surface area contributed by atoms with Crippen LogP contribution in [-0.4, -0.2) is 31.7 Å². The van der Waals surface area contributed by atoms with Crippen LogP contribution in [0.1, 0.15) is 22.5 Å². The monoisotopic (exact) mass is 389 g/mol. The summed E-state index contributed by atoms with van der Waals surface area (Å²) in [6.45, 7) is 0.587. The first-order chi connectivity index (χ1) is 12.6. The van der Waals surface area contributed by atoms with E-state index in [0.717, 1.165) is 40.9 Å². The SMILES string of the molecule is COc1cc(OC)c2cc(CCCNC(=O)c3cccc(N)c3)[nH]c2c1.Cl. The van der Waals surface area contributed by atoms with E-state index in [-0.39, 0.29) is 18.3 Å². The Morgan fingerprint density at radius 3 is 2.67 bits per heavy atom. The van der Waals surface area contributed by atoms with Crippen molar-refractivity contribution in [3.63, 3.8) is 0 Å². The number of carbonyl (C=O) groups is 1. The van der Waals surface area contributed by atoms with Crippen molar-refractivity contribution in [2.45, 2.75) is 12.8 Å². The lowest BCUT2D eigenvalue weighted by Gasteiger charge is -2.05.